The number of urea groups is 1. The highest BCUT2D eigenvalue weighted by Gasteiger charge is 2.25. The van der Waals surface area contributed by atoms with Crippen molar-refractivity contribution in [1.82, 2.24) is 4.90 Å². The molecule has 6 heteroatoms. The maximum absolute atomic E-state index is 12.3. The van der Waals surface area contributed by atoms with Gasteiger partial charge in [0.2, 0.25) is 5.91 Å². The lowest BCUT2D eigenvalue weighted by Gasteiger charge is -2.34. The van der Waals surface area contributed by atoms with Gasteiger partial charge in [-0.15, -0.1) is 0 Å². The second-order valence-corrected chi connectivity index (χ2v) is 6.56. The molecule has 0 bridgehead atoms. The molecule has 3 amide bonds. The molecule has 0 aliphatic carbocycles. The van der Waals surface area contributed by atoms with Crippen molar-refractivity contribution in [2.75, 3.05) is 23.7 Å². The van der Waals surface area contributed by atoms with Crippen molar-refractivity contribution in [1.29, 1.82) is 0 Å². The minimum atomic E-state index is -0.185. The van der Waals surface area contributed by atoms with Crippen LogP contribution in [0.4, 0.5) is 16.2 Å². The highest BCUT2D eigenvalue weighted by Crippen LogP contribution is 2.26. The van der Waals surface area contributed by atoms with E-state index in [4.69, 9.17) is 11.6 Å². The van der Waals surface area contributed by atoms with E-state index in [2.05, 4.69) is 24.5 Å². The Morgan fingerprint density at radius 1 is 1.18 bits per heavy atom. The number of benzene rings is 1. The van der Waals surface area contributed by atoms with Gasteiger partial charge < -0.3 is 15.5 Å². The lowest BCUT2D eigenvalue weighted by Crippen LogP contribution is -2.44. The van der Waals surface area contributed by atoms with Crippen molar-refractivity contribution >= 4 is 34.9 Å². The highest BCUT2D eigenvalue weighted by molar-refractivity contribution is 6.34. The van der Waals surface area contributed by atoms with Crippen LogP contribution in [-0.4, -0.2) is 29.9 Å². The second-order valence-electron chi connectivity index (χ2n) is 6.16. The lowest BCUT2D eigenvalue weighted by molar-refractivity contribution is -0.114. The zero-order chi connectivity index (χ0) is 16.3. The fourth-order valence-electron chi connectivity index (χ4n) is 2.92. The monoisotopic (exact) mass is 323 g/mol. The van der Waals surface area contributed by atoms with E-state index < -0.39 is 0 Å². The fraction of sp³-hybridized carbons (Fsp3) is 0.500. The van der Waals surface area contributed by atoms with Crippen LogP contribution in [0, 0.1) is 11.8 Å². The van der Waals surface area contributed by atoms with Crippen LogP contribution < -0.4 is 10.6 Å². The molecule has 0 spiro atoms. The molecular formula is C16H22ClN3O2. The normalized spacial score (nSPS) is 21.4. The van der Waals surface area contributed by atoms with Gasteiger partial charge in [-0.1, -0.05) is 25.4 Å². The quantitative estimate of drug-likeness (QED) is 0.869. The number of amides is 3. The highest BCUT2D eigenvalue weighted by atomic mass is 35.5. The Hall–Kier alpha value is -1.75. The Morgan fingerprint density at radius 3 is 2.36 bits per heavy atom. The van der Waals surface area contributed by atoms with Crippen molar-refractivity contribution in [2.45, 2.75) is 27.2 Å². The molecule has 120 valence electrons. The third-order valence-electron chi connectivity index (χ3n) is 3.69. The molecule has 0 aromatic heterocycles. The third kappa shape index (κ3) is 4.37. The maximum Gasteiger partial charge on any atom is 0.321 e. The maximum atomic E-state index is 12.3. The van der Waals surface area contributed by atoms with E-state index in [0.717, 1.165) is 19.5 Å². The van der Waals surface area contributed by atoms with Crippen molar-refractivity contribution < 1.29 is 9.59 Å². The average molecular weight is 324 g/mol. The standard InChI is InChI=1S/C16H22ClN3O2/c1-10-6-11(2)9-20(8-10)16(22)19-13-4-5-15(14(17)7-13)18-12(3)21/h4-5,7,10-11H,6,8-9H2,1-3H3,(H,18,21)(H,19,22)/t10-,11-/m0/s1. The lowest BCUT2D eigenvalue weighted by atomic mass is 9.92. The van der Waals surface area contributed by atoms with Crippen LogP contribution in [0.2, 0.25) is 5.02 Å². The molecular weight excluding hydrogens is 302 g/mol. The van der Waals surface area contributed by atoms with Crippen molar-refractivity contribution in [3.05, 3.63) is 23.2 Å². The predicted molar refractivity (Wildman–Crippen MR) is 89.3 cm³/mol. The van der Waals surface area contributed by atoms with E-state index in [1.165, 1.54) is 6.92 Å². The number of nitrogens with one attached hydrogen (secondary N) is 2. The number of hydrogen-bond donors (Lipinski definition) is 2. The number of halogens is 1. The van der Waals surface area contributed by atoms with E-state index in [1.54, 1.807) is 18.2 Å². The Balaban J connectivity index is 2.02. The van der Waals surface area contributed by atoms with Gasteiger partial charge in [-0.25, -0.2) is 4.79 Å². The van der Waals surface area contributed by atoms with Gasteiger partial charge in [-0.2, -0.15) is 0 Å². The number of anilines is 2. The summed E-state index contributed by atoms with van der Waals surface area (Å²) in [6, 6.07) is 4.94. The van der Waals surface area contributed by atoms with Gasteiger partial charge in [0.25, 0.3) is 0 Å². The minimum absolute atomic E-state index is 0.109. The van der Waals surface area contributed by atoms with Crippen molar-refractivity contribution in [2.24, 2.45) is 11.8 Å². The first-order valence-corrected chi connectivity index (χ1v) is 7.86. The number of nitrogens with zero attached hydrogens (tertiary/aromatic N) is 1. The first-order chi connectivity index (χ1) is 10.3. The molecule has 5 nitrogen and oxygen atoms in total. The minimum Gasteiger partial charge on any atom is -0.325 e. The van der Waals surface area contributed by atoms with Gasteiger partial charge in [0, 0.05) is 25.7 Å². The summed E-state index contributed by atoms with van der Waals surface area (Å²) in [5, 5.41) is 5.90. The number of carbonyl (C=O) groups excluding carboxylic acids is 2. The molecule has 22 heavy (non-hydrogen) atoms. The number of carbonyl (C=O) groups is 2. The van der Waals surface area contributed by atoms with Gasteiger partial charge >= 0.3 is 6.03 Å². The second kappa shape index (κ2) is 7.01. The summed E-state index contributed by atoms with van der Waals surface area (Å²) < 4.78 is 0. The number of rotatable bonds is 2. The van der Waals surface area contributed by atoms with Crippen LogP contribution in [0.15, 0.2) is 18.2 Å². The Morgan fingerprint density at radius 2 is 1.82 bits per heavy atom. The summed E-state index contributed by atoms with van der Waals surface area (Å²) >= 11 is 6.11. The molecule has 1 heterocycles. The smallest absolute Gasteiger partial charge is 0.321 e. The van der Waals surface area contributed by atoms with Crippen LogP contribution in [0.5, 0.6) is 0 Å². The Labute approximate surface area is 136 Å². The van der Waals surface area contributed by atoms with Gasteiger partial charge in [0.1, 0.15) is 0 Å². The molecule has 0 saturated carbocycles. The summed E-state index contributed by atoms with van der Waals surface area (Å²) in [4.78, 5) is 25.2. The van der Waals surface area contributed by atoms with Crippen LogP contribution in [-0.2, 0) is 4.79 Å². The van der Waals surface area contributed by atoms with Crippen LogP contribution in [0.3, 0.4) is 0 Å². The van der Waals surface area contributed by atoms with Crippen LogP contribution >= 0.6 is 11.6 Å². The zero-order valence-electron chi connectivity index (χ0n) is 13.1. The van der Waals surface area contributed by atoms with E-state index in [9.17, 15) is 9.59 Å². The van der Waals surface area contributed by atoms with E-state index in [0.29, 0.717) is 28.2 Å². The number of piperidine rings is 1. The topological polar surface area (TPSA) is 61.4 Å². The van der Waals surface area contributed by atoms with Gasteiger partial charge in [-0.05, 0) is 36.5 Å². The van der Waals surface area contributed by atoms with Crippen molar-refractivity contribution in [3.8, 4) is 0 Å². The Kier molecular flexibility index (Phi) is 5.29. The summed E-state index contributed by atoms with van der Waals surface area (Å²) in [7, 11) is 0. The average Bonchev–Trinajstić information content (AvgIpc) is 2.40. The predicted octanol–water partition coefficient (Wildman–Crippen LogP) is 3.81. The summed E-state index contributed by atoms with van der Waals surface area (Å²) in [6.45, 7) is 7.29. The van der Waals surface area contributed by atoms with Crippen LogP contribution in [0.1, 0.15) is 27.2 Å². The third-order valence-corrected chi connectivity index (χ3v) is 4.00. The molecule has 2 N–H and O–H groups in total. The molecule has 0 unspecified atom stereocenters. The van der Waals surface area contributed by atoms with Crippen molar-refractivity contribution in [3.63, 3.8) is 0 Å². The zero-order valence-corrected chi connectivity index (χ0v) is 13.9. The first-order valence-electron chi connectivity index (χ1n) is 7.48. The molecule has 1 aliphatic rings. The molecule has 1 aromatic carbocycles. The molecule has 2 rings (SSSR count). The largest absolute Gasteiger partial charge is 0.325 e. The summed E-state index contributed by atoms with van der Waals surface area (Å²) in [5.74, 6) is 0.843. The van der Waals surface area contributed by atoms with Gasteiger partial charge in [0.15, 0.2) is 0 Å². The van der Waals surface area contributed by atoms with E-state index in [-0.39, 0.29) is 11.9 Å². The van der Waals surface area contributed by atoms with Crippen LogP contribution in [0.25, 0.3) is 0 Å². The molecule has 0 radical (unpaired) electrons. The molecule has 1 aliphatic heterocycles. The van der Waals surface area contributed by atoms with Gasteiger partial charge in [0.05, 0.1) is 10.7 Å². The summed E-state index contributed by atoms with van der Waals surface area (Å²) in [6.07, 6.45) is 1.15. The Bertz CT molecular complexity index is 567. The first kappa shape index (κ1) is 16.6. The number of hydrogen-bond acceptors (Lipinski definition) is 2. The molecule has 1 fully saturated rings. The molecule has 2 atom stereocenters. The van der Waals surface area contributed by atoms with Gasteiger partial charge in [-0.3, -0.25) is 4.79 Å². The SMILES string of the molecule is CC(=O)Nc1ccc(NC(=O)N2C[C@@H](C)C[C@H](C)C2)cc1Cl. The van der Waals surface area contributed by atoms with E-state index in [1.807, 2.05) is 4.90 Å². The summed E-state index contributed by atoms with van der Waals surface area (Å²) in [5.41, 5.74) is 1.15. The molecule has 1 aromatic rings. The fourth-order valence-corrected chi connectivity index (χ4v) is 3.14. The van der Waals surface area contributed by atoms with E-state index >= 15 is 0 Å². The molecule has 1 saturated heterocycles. The number of likely N-dealkylation sites (tertiary alicyclic amines) is 1.